The standard InChI is InChI=1S/C9H18N6O2/c1-10-7-12-8(11-4-6(17)5-16)14-9(13-7)15(2)3/h6,16-17H,4-5H2,1-3H3,(H2,10,11,12,13,14). The van der Waals surface area contributed by atoms with E-state index in [-0.39, 0.29) is 13.2 Å². The Kier molecular flexibility index (Phi) is 4.85. The fourth-order valence-corrected chi connectivity index (χ4v) is 1.03. The molecule has 0 aromatic carbocycles. The van der Waals surface area contributed by atoms with Gasteiger partial charge < -0.3 is 25.7 Å². The van der Waals surface area contributed by atoms with Crippen LogP contribution in [0.5, 0.6) is 0 Å². The van der Waals surface area contributed by atoms with Crippen molar-refractivity contribution in [1.29, 1.82) is 0 Å². The summed E-state index contributed by atoms with van der Waals surface area (Å²) in [6.07, 6.45) is -0.840. The third-order valence-electron chi connectivity index (χ3n) is 1.95. The monoisotopic (exact) mass is 242 g/mol. The minimum Gasteiger partial charge on any atom is -0.394 e. The Morgan fingerprint density at radius 1 is 1.24 bits per heavy atom. The van der Waals surface area contributed by atoms with Gasteiger partial charge in [-0.3, -0.25) is 0 Å². The lowest BCUT2D eigenvalue weighted by molar-refractivity contribution is 0.105. The number of anilines is 3. The number of hydrogen-bond acceptors (Lipinski definition) is 8. The van der Waals surface area contributed by atoms with Gasteiger partial charge in [0.15, 0.2) is 0 Å². The molecule has 1 atom stereocenters. The molecule has 8 heteroatoms. The minimum absolute atomic E-state index is 0.177. The van der Waals surface area contributed by atoms with Crippen molar-refractivity contribution in [3.8, 4) is 0 Å². The van der Waals surface area contributed by atoms with Gasteiger partial charge in [-0.2, -0.15) is 15.0 Å². The van der Waals surface area contributed by atoms with Crippen LogP contribution in [0.1, 0.15) is 0 Å². The quantitative estimate of drug-likeness (QED) is 0.490. The van der Waals surface area contributed by atoms with Crippen LogP contribution in [0.2, 0.25) is 0 Å². The van der Waals surface area contributed by atoms with Crippen molar-refractivity contribution in [3.05, 3.63) is 0 Å². The van der Waals surface area contributed by atoms with Crippen LogP contribution in [0.15, 0.2) is 0 Å². The summed E-state index contributed by atoms with van der Waals surface area (Å²) in [6.45, 7) is -0.131. The van der Waals surface area contributed by atoms with Crippen molar-refractivity contribution in [3.63, 3.8) is 0 Å². The third-order valence-corrected chi connectivity index (χ3v) is 1.95. The molecule has 0 amide bonds. The largest absolute Gasteiger partial charge is 0.394 e. The molecule has 17 heavy (non-hydrogen) atoms. The van der Waals surface area contributed by atoms with Crippen LogP contribution in [-0.2, 0) is 0 Å². The van der Waals surface area contributed by atoms with Crippen LogP contribution in [0.4, 0.5) is 17.8 Å². The molecule has 0 saturated carbocycles. The van der Waals surface area contributed by atoms with Crippen LogP contribution in [-0.4, -0.2) is 65.6 Å². The molecule has 0 fully saturated rings. The predicted octanol–water partition coefficient (Wildman–Crippen LogP) is -1.26. The molecule has 1 aromatic heterocycles. The summed E-state index contributed by atoms with van der Waals surface area (Å²) >= 11 is 0. The zero-order chi connectivity index (χ0) is 12.8. The Labute approximate surface area is 99.7 Å². The van der Waals surface area contributed by atoms with E-state index in [1.807, 2.05) is 14.1 Å². The van der Waals surface area contributed by atoms with E-state index in [0.29, 0.717) is 17.8 Å². The van der Waals surface area contributed by atoms with Gasteiger partial charge in [0.1, 0.15) is 0 Å². The molecule has 0 spiro atoms. The van der Waals surface area contributed by atoms with E-state index in [4.69, 9.17) is 5.11 Å². The lowest BCUT2D eigenvalue weighted by Gasteiger charge is -2.14. The molecule has 0 bridgehead atoms. The van der Waals surface area contributed by atoms with E-state index < -0.39 is 6.10 Å². The Morgan fingerprint density at radius 3 is 2.41 bits per heavy atom. The summed E-state index contributed by atoms with van der Waals surface area (Å²) < 4.78 is 0. The number of aliphatic hydroxyl groups is 2. The van der Waals surface area contributed by atoms with Gasteiger partial charge in [-0.25, -0.2) is 0 Å². The average molecular weight is 242 g/mol. The van der Waals surface area contributed by atoms with Crippen molar-refractivity contribution in [2.45, 2.75) is 6.10 Å². The molecule has 8 nitrogen and oxygen atoms in total. The van der Waals surface area contributed by atoms with Crippen LogP contribution in [0, 0.1) is 0 Å². The number of rotatable bonds is 6. The molecule has 1 aromatic rings. The number of nitrogens with zero attached hydrogens (tertiary/aromatic N) is 4. The van der Waals surface area contributed by atoms with Crippen molar-refractivity contribution < 1.29 is 10.2 Å². The van der Waals surface area contributed by atoms with E-state index in [9.17, 15) is 5.11 Å². The Hall–Kier alpha value is -1.67. The van der Waals surface area contributed by atoms with E-state index >= 15 is 0 Å². The molecule has 0 aliphatic carbocycles. The molecule has 1 heterocycles. The van der Waals surface area contributed by atoms with Crippen molar-refractivity contribution >= 4 is 17.8 Å². The Balaban J connectivity index is 2.80. The maximum absolute atomic E-state index is 9.21. The van der Waals surface area contributed by atoms with Crippen LogP contribution in [0.25, 0.3) is 0 Å². The van der Waals surface area contributed by atoms with Crippen molar-refractivity contribution in [2.75, 3.05) is 49.8 Å². The molecule has 96 valence electrons. The molecule has 0 radical (unpaired) electrons. The smallest absolute Gasteiger partial charge is 0.231 e. The number of hydrogen-bond donors (Lipinski definition) is 4. The fourth-order valence-electron chi connectivity index (χ4n) is 1.03. The first-order valence-corrected chi connectivity index (χ1v) is 5.20. The van der Waals surface area contributed by atoms with E-state index in [1.54, 1.807) is 11.9 Å². The first kappa shape index (κ1) is 13.4. The van der Waals surface area contributed by atoms with E-state index in [0.717, 1.165) is 0 Å². The van der Waals surface area contributed by atoms with Crippen LogP contribution >= 0.6 is 0 Å². The Bertz CT molecular complexity index is 359. The van der Waals surface area contributed by atoms with E-state index in [2.05, 4.69) is 25.6 Å². The van der Waals surface area contributed by atoms with E-state index in [1.165, 1.54) is 0 Å². The third kappa shape index (κ3) is 4.00. The highest BCUT2D eigenvalue weighted by Gasteiger charge is 2.08. The minimum atomic E-state index is -0.840. The molecule has 4 N–H and O–H groups in total. The second kappa shape index (κ2) is 6.16. The topological polar surface area (TPSA) is 106 Å². The highest BCUT2D eigenvalue weighted by atomic mass is 16.3. The van der Waals surface area contributed by atoms with Gasteiger partial charge >= 0.3 is 0 Å². The second-order valence-electron chi connectivity index (χ2n) is 3.64. The SMILES string of the molecule is CNc1nc(NCC(O)CO)nc(N(C)C)n1. The number of aromatic nitrogens is 3. The highest BCUT2D eigenvalue weighted by Crippen LogP contribution is 2.10. The highest BCUT2D eigenvalue weighted by molar-refractivity contribution is 5.42. The lowest BCUT2D eigenvalue weighted by atomic mass is 10.4. The van der Waals surface area contributed by atoms with Gasteiger partial charge in [0, 0.05) is 27.7 Å². The zero-order valence-electron chi connectivity index (χ0n) is 10.2. The molecule has 0 saturated heterocycles. The fraction of sp³-hybridized carbons (Fsp3) is 0.667. The van der Waals surface area contributed by atoms with Crippen LogP contribution in [0.3, 0.4) is 0 Å². The normalized spacial score (nSPS) is 12.1. The maximum atomic E-state index is 9.21. The van der Waals surface area contributed by atoms with Gasteiger partial charge in [-0.15, -0.1) is 0 Å². The molecule has 1 unspecified atom stereocenters. The van der Waals surface area contributed by atoms with Crippen molar-refractivity contribution in [1.82, 2.24) is 15.0 Å². The summed E-state index contributed by atoms with van der Waals surface area (Å²) in [6, 6.07) is 0. The summed E-state index contributed by atoms with van der Waals surface area (Å²) in [5.41, 5.74) is 0. The summed E-state index contributed by atoms with van der Waals surface area (Å²) in [5, 5.41) is 23.6. The molecule has 0 aliphatic heterocycles. The molecular formula is C9H18N6O2. The van der Waals surface area contributed by atoms with Gasteiger partial charge in [-0.05, 0) is 0 Å². The lowest BCUT2D eigenvalue weighted by Crippen LogP contribution is -2.24. The van der Waals surface area contributed by atoms with Gasteiger partial charge in [-0.1, -0.05) is 0 Å². The molecule has 1 rings (SSSR count). The summed E-state index contributed by atoms with van der Waals surface area (Å²) in [5.74, 6) is 1.29. The number of aliphatic hydroxyl groups excluding tert-OH is 2. The number of nitrogens with one attached hydrogen (secondary N) is 2. The van der Waals surface area contributed by atoms with Gasteiger partial charge in [0.25, 0.3) is 0 Å². The van der Waals surface area contributed by atoms with Gasteiger partial charge in [0.05, 0.1) is 12.7 Å². The van der Waals surface area contributed by atoms with Crippen molar-refractivity contribution in [2.24, 2.45) is 0 Å². The first-order chi connectivity index (χ1) is 8.06. The summed E-state index contributed by atoms with van der Waals surface area (Å²) in [4.78, 5) is 14.1. The van der Waals surface area contributed by atoms with Gasteiger partial charge in [0.2, 0.25) is 17.8 Å². The predicted molar refractivity (Wildman–Crippen MR) is 65.3 cm³/mol. The first-order valence-electron chi connectivity index (χ1n) is 5.20. The average Bonchev–Trinajstić information content (AvgIpc) is 2.35. The maximum Gasteiger partial charge on any atom is 0.231 e. The summed E-state index contributed by atoms with van der Waals surface area (Å²) in [7, 11) is 5.35. The molecular weight excluding hydrogens is 224 g/mol. The zero-order valence-corrected chi connectivity index (χ0v) is 10.2. The van der Waals surface area contributed by atoms with Crippen LogP contribution < -0.4 is 15.5 Å². The second-order valence-corrected chi connectivity index (χ2v) is 3.64. The molecule has 0 aliphatic rings. The Morgan fingerprint density at radius 2 is 1.88 bits per heavy atom.